The molecular formula is C21H18FN3O3. The van der Waals surface area contributed by atoms with Gasteiger partial charge in [0.2, 0.25) is 5.91 Å². The van der Waals surface area contributed by atoms with Gasteiger partial charge in [0.25, 0.3) is 11.5 Å². The second-order valence-corrected chi connectivity index (χ2v) is 6.16. The first-order chi connectivity index (χ1) is 13.4. The summed E-state index contributed by atoms with van der Waals surface area (Å²) in [5.41, 5.74) is 0.860. The van der Waals surface area contributed by atoms with Crippen LogP contribution in [0.25, 0.3) is 0 Å². The highest BCUT2D eigenvalue weighted by atomic mass is 19.1. The van der Waals surface area contributed by atoms with Gasteiger partial charge >= 0.3 is 0 Å². The van der Waals surface area contributed by atoms with Gasteiger partial charge in [0.15, 0.2) is 0 Å². The van der Waals surface area contributed by atoms with E-state index in [0.29, 0.717) is 16.9 Å². The number of rotatable bonds is 5. The molecule has 0 radical (unpaired) electrons. The van der Waals surface area contributed by atoms with Crippen molar-refractivity contribution in [1.29, 1.82) is 0 Å². The number of carbonyl (C=O) groups is 2. The summed E-state index contributed by atoms with van der Waals surface area (Å²) in [4.78, 5) is 36.2. The van der Waals surface area contributed by atoms with E-state index in [1.165, 1.54) is 29.8 Å². The number of pyridine rings is 1. The molecule has 0 atom stereocenters. The monoisotopic (exact) mass is 379 g/mol. The highest BCUT2D eigenvalue weighted by Gasteiger charge is 2.13. The van der Waals surface area contributed by atoms with Gasteiger partial charge in [0.1, 0.15) is 11.4 Å². The first kappa shape index (κ1) is 19.0. The molecule has 0 aliphatic rings. The van der Waals surface area contributed by atoms with Crippen LogP contribution in [0.15, 0.2) is 71.7 Å². The third kappa shape index (κ3) is 4.50. The number of nitrogens with zero attached hydrogens (tertiary/aromatic N) is 1. The van der Waals surface area contributed by atoms with Crippen molar-refractivity contribution in [2.75, 3.05) is 10.6 Å². The zero-order valence-electron chi connectivity index (χ0n) is 15.1. The van der Waals surface area contributed by atoms with Crippen LogP contribution in [-0.2, 0) is 11.3 Å². The highest BCUT2D eigenvalue weighted by Crippen LogP contribution is 2.14. The Hall–Kier alpha value is -3.74. The third-order valence-corrected chi connectivity index (χ3v) is 4.03. The lowest BCUT2D eigenvalue weighted by Gasteiger charge is -2.10. The molecule has 0 fully saturated rings. The fraction of sp³-hybridized carbons (Fsp3) is 0.0952. The van der Waals surface area contributed by atoms with Crippen LogP contribution >= 0.6 is 0 Å². The van der Waals surface area contributed by atoms with Gasteiger partial charge in [-0.3, -0.25) is 14.4 Å². The molecule has 0 bridgehead atoms. The van der Waals surface area contributed by atoms with E-state index < -0.39 is 17.3 Å². The van der Waals surface area contributed by atoms with E-state index >= 15 is 0 Å². The Morgan fingerprint density at radius 2 is 1.57 bits per heavy atom. The second-order valence-electron chi connectivity index (χ2n) is 6.16. The van der Waals surface area contributed by atoms with Gasteiger partial charge in [-0.2, -0.15) is 0 Å². The largest absolute Gasteiger partial charge is 0.326 e. The van der Waals surface area contributed by atoms with Crippen LogP contribution in [0.1, 0.15) is 22.8 Å². The minimum atomic E-state index is -0.569. The van der Waals surface area contributed by atoms with Crippen molar-refractivity contribution in [2.45, 2.75) is 13.5 Å². The van der Waals surface area contributed by atoms with E-state index in [2.05, 4.69) is 10.6 Å². The quantitative estimate of drug-likeness (QED) is 0.714. The highest BCUT2D eigenvalue weighted by molar-refractivity contribution is 6.04. The average Bonchev–Trinajstić information content (AvgIpc) is 2.66. The summed E-state index contributed by atoms with van der Waals surface area (Å²) in [6.45, 7) is 1.43. The fourth-order valence-electron chi connectivity index (χ4n) is 2.68. The Bertz CT molecular complexity index is 1070. The van der Waals surface area contributed by atoms with Crippen LogP contribution in [0.5, 0.6) is 0 Å². The lowest BCUT2D eigenvalue weighted by atomic mass is 10.2. The molecule has 0 unspecified atom stereocenters. The molecule has 2 aromatic carbocycles. The number of hydrogen-bond acceptors (Lipinski definition) is 3. The molecule has 3 rings (SSSR count). The van der Waals surface area contributed by atoms with E-state index in [9.17, 15) is 18.8 Å². The Morgan fingerprint density at radius 1 is 0.929 bits per heavy atom. The molecule has 2 amide bonds. The SMILES string of the molecule is CC(=O)Nc1ccc(NC(=O)c2cccn(Cc3ccccc3F)c2=O)cc1. The van der Waals surface area contributed by atoms with Crippen LogP contribution in [0, 0.1) is 5.82 Å². The van der Waals surface area contributed by atoms with Gasteiger partial charge in [-0.15, -0.1) is 0 Å². The zero-order chi connectivity index (χ0) is 20.1. The molecule has 6 nitrogen and oxygen atoms in total. The molecule has 1 aromatic heterocycles. The van der Waals surface area contributed by atoms with E-state index in [1.54, 1.807) is 48.5 Å². The molecule has 142 valence electrons. The van der Waals surface area contributed by atoms with Crippen molar-refractivity contribution in [2.24, 2.45) is 0 Å². The van der Waals surface area contributed by atoms with Gasteiger partial charge in [0, 0.05) is 30.1 Å². The maximum Gasteiger partial charge on any atom is 0.263 e. The van der Waals surface area contributed by atoms with Crippen molar-refractivity contribution in [3.63, 3.8) is 0 Å². The molecule has 0 saturated heterocycles. The van der Waals surface area contributed by atoms with E-state index in [1.807, 2.05) is 0 Å². The van der Waals surface area contributed by atoms with Crippen molar-refractivity contribution < 1.29 is 14.0 Å². The number of carbonyl (C=O) groups excluding carboxylic acids is 2. The number of halogens is 1. The fourth-order valence-corrected chi connectivity index (χ4v) is 2.68. The van der Waals surface area contributed by atoms with Crippen molar-refractivity contribution in [1.82, 2.24) is 4.57 Å². The predicted octanol–water partition coefficient (Wildman–Crippen LogP) is 3.25. The summed E-state index contributed by atoms with van der Waals surface area (Å²) in [5.74, 6) is -1.18. The van der Waals surface area contributed by atoms with Gasteiger partial charge in [-0.25, -0.2) is 4.39 Å². The van der Waals surface area contributed by atoms with E-state index in [0.717, 1.165) is 0 Å². The predicted molar refractivity (Wildman–Crippen MR) is 105 cm³/mol. The topological polar surface area (TPSA) is 80.2 Å². The van der Waals surface area contributed by atoms with Gasteiger partial charge < -0.3 is 15.2 Å². The number of amides is 2. The number of aromatic nitrogens is 1. The van der Waals surface area contributed by atoms with Crippen LogP contribution in [0.4, 0.5) is 15.8 Å². The molecule has 0 spiro atoms. The number of nitrogens with one attached hydrogen (secondary N) is 2. The molecule has 0 aliphatic heterocycles. The average molecular weight is 379 g/mol. The standard InChI is InChI=1S/C21H18FN3O3/c1-14(26)23-16-8-10-17(11-9-16)24-20(27)18-6-4-12-25(21(18)28)13-15-5-2-3-7-19(15)22/h2-12H,13H2,1H3,(H,23,26)(H,24,27). The summed E-state index contributed by atoms with van der Waals surface area (Å²) >= 11 is 0. The Labute approximate surface area is 160 Å². The normalized spacial score (nSPS) is 10.4. The van der Waals surface area contributed by atoms with E-state index in [-0.39, 0.29) is 18.0 Å². The Morgan fingerprint density at radius 3 is 2.21 bits per heavy atom. The summed E-state index contributed by atoms with van der Waals surface area (Å²) in [5, 5.41) is 5.27. The van der Waals surface area contributed by atoms with Gasteiger partial charge in [-0.05, 0) is 42.5 Å². The van der Waals surface area contributed by atoms with Crippen LogP contribution < -0.4 is 16.2 Å². The zero-order valence-corrected chi connectivity index (χ0v) is 15.1. The summed E-state index contributed by atoms with van der Waals surface area (Å²) in [6, 6.07) is 15.7. The Kier molecular flexibility index (Phi) is 5.64. The maximum atomic E-state index is 13.8. The molecule has 1 heterocycles. The molecule has 0 aliphatic carbocycles. The number of hydrogen-bond donors (Lipinski definition) is 2. The molecule has 7 heteroatoms. The first-order valence-corrected chi connectivity index (χ1v) is 8.56. The van der Waals surface area contributed by atoms with Crippen molar-refractivity contribution in [3.8, 4) is 0 Å². The first-order valence-electron chi connectivity index (χ1n) is 8.56. The van der Waals surface area contributed by atoms with Crippen molar-refractivity contribution >= 4 is 23.2 Å². The molecule has 0 saturated carbocycles. The number of anilines is 2. The molecule has 3 aromatic rings. The van der Waals surface area contributed by atoms with Gasteiger partial charge in [0.05, 0.1) is 6.54 Å². The minimum Gasteiger partial charge on any atom is -0.326 e. The summed E-state index contributed by atoms with van der Waals surface area (Å²) < 4.78 is 15.1. The molecule has 2 N–H and O–H groups in total. The lowest BCUT2D eigenvalue weighted by molar-refractivity contribution is -0.114. The third-order valence-electron chi connectivity index (χ3n) is 4.03. The molecular weight excluding hydrogens is 361 g/mol. The van der Waals surface area contributed by atoms with E-state index in [4.69, 9.17) is 0 Å². The smallest absolute Gasteiger partial charge is 0.263 e. The van der Waals surface area contributed by atoms with Crippen molar-refractivity contribution in [3.05, 3.63) is 94.2 Å². The Balaban J connectivity index is 1.78. The number of benzene rings is 2. The van der Waals surface area contributed by atoms with Crippen LogP contribution in [0.3, 0.4) is 0 Å². The maximum absolute atomic E-state index is 13.8. The summed E-state index contributed by atoms with van der Waals surface area (Å²) in [7, 11) is 0. The van der Waals surface area contributed by atoms with Gasteiger partial charge in [-0.1, -0.05) is 18.2 Å². The second kappa shape index (κ2) is 8.30. The van der Waals surface area contributed by atoms with Crippen LogP contribution in [0.2, 0.25) is 0 Å². The lowest BCUT2D eigenvalue weighted by Crippen LogP contribution is -2.29. The molecule has 28 heavy (non-hydrogen) atoms. The van der Waals surface area contributed by atoms with Crippen LogP contribution in [-0.4, -0.2) is 16.4 Å². The minimum absolute atomic E-state index is 0.0258. The summed E-state index contributed by atoms with van der Waals surface area (Å²) in [6.07, 6.45) is 1.51.